The number of aromatic nitrogens is 1. The fourth-order valence-corrected chi connectivity index (χ4v) is 1.21. The van der Waals surface area contributed by atoms with Crippen LogP contribution in [0.4, 0.5) is 19.0 Å². The number of carboxylic acid groups (broad SMARTS) is 1. The molecule has 0 spiro atoms. The van der Waals surface area contributed by atoms with Crippen molar-refractivity contribution in [1.29, 1.82) is 0 Å². The molecule has 0 unspecified atom stereocenters. The van der Waals surface area contributed by atoms with Gasteiger partial charge in [0.1, 0.15) is 5.82 Å². The minimum Gasteiger partial charge on any atom is -0.478 e. The van der Waals surface area contributed by atoms with Crippen LogP contribution in [-0.2, 0) is 0 Å². The largest absolute Gasteiger partial charge is 0.478 e. The third-order valence-corrected chi connectivity index (χ3v) is 1.91. The highest BCUT2D eigenvalue weighted by Crippen LogP contribution is 2.19. The Morgan fingerprint density at radius 1 is 1.47 bits per heavy atom. The number of pyridine rings is 1. The summed E-state index contributed by atoms with van der Waals surface area (Å²) >= 11 is 0. The van der Waals surface area contributed by atoms with Crippen molar-refractivity contribution < 1.29 is 23.1 Å². The van der Waals surface area contributed by atoms with Gasteiger partial charge >= 0.3 is 12.1 Å². The molecular weight excluding hydrogens is 237 g/mol. The normalized spacial score (nSPS) is 11.3. The van der Waals surface area contributed by atoms with Crippen LogP contribution in [-0.4, -0.2) is 28.8 Å². The number of hydrogen-bond acceptors (Lipinski definition) is 3. The number of carboxylic acids is 1. The minimum absolute atomic E-state index is 0.00740. The number of rotatable bonds is 4. The minimum atomic E-state index is -4.24. The van der Waals surface area contributed by atoms with Gasteiger partial charge in [-0.25, -0.2) is 9.78 Å². The number of carbonyl (C=O) groups is 1. The van der Waals surface area contributed by atoms with Gasteiger partial charge in [0.15, 0.2) is 0 Å². The molecule has 7 heteroatoms. The van der Waals surface area contributed by atoms with Crippen LogP contribution >= 0.6 is 0 Å². The van der Waals surface area contributed by atoms with Crippen molar-refractivity contribution in [1.82, 2.24) is 4.98 Å². The van der Waals surface area contributed by atoms with Gasteiger partial charge in [-0.3, -0.25) is 0 Å². The van der Waals surface area contributed by atoms with Gasteiger partial charge in [-0.1, -0.05) is 0 Å². The Bertz CT molecular complexity index is 419. The van der Waals surface area contributed by atoms with Gasteiger partial charge < -0.3 is 10.4 Å². The summed E-state index contributed by atoms with van der Waals surface area (Å²) in [5.74, 6) is -1.01. The Morgan fingerprint density at radius 2 is 2.12 bits per heavy atom. The molecule has 0 amide bonds. The van der Waals surface area contributed by atoms with E-state index in [4.69, 9.17) is 5.11 Å². The Kier molecular flexibility index (Phi) is 3.93. The van der Waals surface area contributed by atoms with Crippen LogP contribution in [0.3, 0.4) is 0 Å². The standard InChI is InChI=1S/C10H11F3N2O2/c1-6-4-7(9(16)17)5-8(15-6)14-3-2-10(11,12)13/h4-5H,2-3H2,1H3,(H,14,15)(H,16,17). The molecule has 1 heterocycles. The molecule has 1 aromatic rings. The van der Waals surface area contributed by atoms with Crippen molar-refractivity contribution in [3.8, 4) is 0 Å². The molecule has 1 aromatic heterocycles. The summed E-state index contributed by atoms with van der Waals surface area (Å²) in [6, 6.07) is 2.54. The summed E-state index contributed by atoms with van der Waals surface area (Å²) in [7, 11) is 0. The predicted molar refractivity (Wildman–Crippen MR) is 55.1 cm³/mol. The van der Waals surface area contributed by atoms with E-state index in [0.29, 0.717) is 5.69 Å². The highest BCUT2D eigenvalue weighted by atomic mass is 19.4. The first-order valence-corrected chi connectivity index (χ1v) is 4.80. The smallest absolute Gasteiger partial charge is 0.390 e. The second-order valence-corrected chi connectivity index (χ2v) is 3.48. The molecule has 2 N–H and O–H groups in total. The quantitative estimate of drug-likeness (QED) is 0.859. The lowest BCUT2D eigenvalue weighted by molar-refractivity contribution is -0.131. The molecule has 94 valence electrons. The van der Waals surface area contributed by atoms with E-state index in [1.807, 2.05) is 0 Å². The second-order valence-electron chi connectivity index (χ2n) is 3.48. The van der Waals surface area contributed by atoms with E-state index in [0.717, 1.165) is 0 Å². The number of nitrogens with one attached hydrogen (secondary N) is 1. The molecule has 0 aromatic carbocycles. The lowest BCUT2D eigenvalue weighted by Crippen LogP contribution is -2.15. The molecule has 0 aliphatic heterocycles. The zero-order valence-electron chi connectivity index (χ0n) is 9.01. The van der Waals surface area contributed by atoms with Gasteiger partial charge in [-0.15, -0.1) is 0 Å². The van der Waals surface area contributed by atoms with E-state index in [2.05, 4.69) is 10.3 Å². The number of aromatic carboxylic acids is 1. The molecule has 0 bridgehead atoms. The van der Waals surface area contributed by atoms with E-state index in [-0.39, 0.29) is 17.9 Å². The molecule has 17 heavy (non-hydrogen) atoms. The van der Waals surface area contributed by atoms with Crippen molar-refractivity contribution in [2.45, 2.75) is 19.5 Å². The van der Waals surface area contributed by atoms with Gasteiger partial charge in [-0.05, 0) is 19.1 Å². The van der Waals surface area contributed by atoms with Crippen molar-refractivity contribution in [3.63, 3.8) is 0 Å². The Labute approximate surface area is 95.5 Å². The predicted octanol–water partition coefficient (Wildman–Crippen LogP) is 2.45. The summed E-state index contributed by atoms with van der Waals surface area (Å²) in [6.07, 6.45) is -5.24. The average molecular weight is 248 g/mol. The van der Waals surface area contributed by atoms with Gasteiger partial charge in [0, 0.05) is 12.2 Å². The Balaban J connectivity index is 2.68. The molecule has 0 radical (unpaired) electrons. The molecule has 0 fully saturated rings. The topological polar surface area (TPSA) is 62.2 Å². The maximum absolute atomic E-state index is 11.9. The third-order valence-electron chi connectivity index (χ3n) is 1.91. The molecule has 1 rings (SSSR count). The number of alkyl halides is 3. The lowest BCUT2D eigenvalue weighted by atomic mass is 10.2. The Hall–Kier alpha value is -1.79. The molecule has 0 saturated heterocycles. The van der Waals surface area contributed by atoms with Crippen molar-refractivity contribution in [2.75, 3.05) is 11.9 Å². The highest BCUT2D eigenvalue weighted by Gasteiger charge is 2.26. The summed E-state index contributed by atoms with van der Waals surface area (Å²) in [4.78, 5) is 14.6. The Morgan fingerprint density at radius 3 is 2.65 bits per heavy atom. The van der Waals surface area contributed by atoms with Crippen LogP contribution in [0.1, 0.15) is 22.5 Å². The van der Waals surface area contributed by atoms with Crippen molar-refractivity contribution >= 4 is 11.8 Å². The fourth-order valence-electron chi connectivity index (χ4n) is 1.21. The summed E-state index contributed by atoms with van der Waals surface area (Å²) in [5.41, 5.74) is 0.423. The molecule has 0 saturated carbocycles. The van der Waals surface area contributed by atoms with Crippen molar-refractivity contribution in [3.05, 3.63) is 23.4 Å². The fraction of sp³-hybridized carbons (Fsp3) is 0.400. The van der Waals surface area contributed by atoms with E-state index in [9.17, 15) is 18.0 Å². The first-order chi connectivity index (χ1) is 7.78. The highest BCUT2D eigenvalue weighted by molar-refractivity contribution is 5.88. The van der Waals surface area contributed by atoms with E-state index >= 15 is 0 Å². The average Bonchev–Trinajstić information content (AvgIpc) is 2.14. The van der Waals surface area contributed by atoms with Crippen LogP contribution in [0.25, 0.3) is 0 Å². The molecule has 4 nitrogen and oxygen atoms in total. The van der Waals surface area contributed by atoms with Crippen LogP contribution in [0, 0.1) is 6.92 Å². The zero-order chi connectivity index (χ0) is 13.1. The summed E-state index contributed by atoms with van der Waals surface area (Å²) in [5, 5.41) is 11.2. The molecular formula is C10H11F3N2O2. The number of aryl methyl sites for hydroxylation is 1. The van der Waals surface area contributed by atoms with E-state index in [1.165, 1.54) is 12.1 Å². The maximum Gasteiger partial charge on any atom is 0.390 e. The molecule has 0 aliphatic rings. The first kappa shape index (κ1) is 13.3. The van der Waals surface area contributed by atoms with Gasteiger partial charge in [0.2, 0.25) is 0 Å². The first-order valence-electron chi connectivity index (χ1n) is 4.80. The monoisotopic (exact) mass is 248 g/mol. The van der Waals surface area contributed by atoms with Crippen LogP contribution < -0.4 is 5.32 Å². The van der Waals surface area contributed by atoms with Crippen LogP contribution in [0.2, 0.25) is 0 Å². The summed E-state index contributed by atoms with van der Waals surface area (Å²) in [6.45, 7) is 1.24. The molecule has 0 aliphatic carbocycles. The van der Waals surface area contributed by atoms with Crippen LogP contribution in [0.15, 0.2) is 12.1 Å². The number of halogens is 3. The number of anilines is 1. The summed E-state index contributed by atoms with van der Waals surface area (Å²) < 4.78 is 35.7. The van der Waals surface area contributed by atoms with E-state index < -0.39 is 18.6 Å². The van der Waals surface area contributed by atoms with E-state index in [1.54, 1.807) is 6.92 Å². The van der Waals surface area contributed by atoms with Crippen molar-refractivity contribution in [2.24, 2.45) is 0 Å². The third kappa shape index (κ3) is 4.71. The zero-order valence-corrected chi connectivity index (χ0v) is 9.01. The van der Waals surface area contributed by atoms with Crippen LogP contribution in [0.5, 0.6) is 0 Å². The lowest BCUT2D eigenvalue weighted by Gasteiger charge is -2.09. The van der Waals surface area contributed by atoms with Gasteiger partial charge in [0.05, 0.1) is 12.0 Å². The number of nitrogens with zero attached hydrogens (tertiary/aromatic N) is 1. The van der Waals surface area contributed by atoms with Gasteiger partial charge in [-0.2, -0.15) is 13.2 Å². The second kappa shape index (κ2) is 5.03. The van der Waals surface area contributed by atoms with Gasteiger partial charge in [0.25, 0.3) is 0 Å². The molecule has 0 atom stereocenters. The SMILES string of the molecule is Cc1cc(C(=O)O)cc(NCCC(F)(F)F)n1. The maximum atomic E-state index is 11.9. The number of hydrogen-bond donors (Lipinski definition) is 2.